The van der Waals surface area contributed by atoms with Crippen LogP contribution >= 0.6 is 0 Å². The molecule has 0 unspecified atom stereocenters. The lowest BCUT2D eigenvalue weighted by atomic mass is 9.98. The number of benzene rings is 1. The number of hydrogen-bond acceptors (Lipinski definition) is 9. The highest BCUT2D eigenvalue weighted by atomic mass is 16.6. The monoisotopic (exact) mass is 604 g/mol. The normalized spacial score (nSPS) is 15.5. The summed E-state index contributed by atoms with van der Waals surface area (Å²) in [7, 11) is 0. The zero-order chi connectivity index (χ0) is 31.8. The highest BCUT2D eigenvalue weighted by Gasteiger charge is 2.35. The highest BCUT2D eigenvalue weighted by molar-refractivity contribution is 5.94. The Labute approximate surface area is 254 Å². The SMILES string of the molecule is CCCCOc1ccc(OCC(=O)OCC(=O)[C@@H](NC(=O)[C@@H]2CCCNN2C(=O)CCNC(=O)CC(C)C)C(C)C)cc1. The number of rotatable bonds is 18. The Kier molecular flexibility index (Phi) is 15.5. The lowest BCUT2D eigenvalue weighted by Crippen LogP contribution is -2.61. The quantitative estimate of drug-likeness (QED) is 0.170. The molecule has 2 atom stereocenters. The van der Waals surface area contributed by atoms with Crippen LogP contribution in [-0.4, -0.2) is 79.5 Å². The van der Waals surface area contributed by atoms with E-state index in [2.05, 4.69) is 23.0 Å². The minimum atomic E-state index is -0.921. The molecule has 12 nitrogen and oxygen atoms in total. The van der Waals surface area contributed by atoms with Crippen LogP contribution in [-0.2, 0) is 28.7 Å². The van der Waals surface area contributed by atoms with Gasteiger partial charge in [-0.2, -0.15) is 0 Å². The molecule has 1 aliphatic rings. The second kappa shape index (κ2) is 18.8. The molecular formula is C31H48N4O8. The molecule has 1 saturated heterocycles. The maximum atomic E-state index is 13.2. The van der Waals surface area contributed by atoms with Crippen LogP contribution in [0.4, 0.5) is 0 Å². The van der Waals surface area contributed by atoms with Crippen molar-refractivity contribution in [2.45, 2.75) is 85.2 Å². The van der Waals surface area contributed by atoms with Crippen LogP contribution in [0.3, 0.4) is 0 Å². The Bertz CT molecular complexity index is 1060. The van der Waals surface area contributed by atoms with Crippen molar-refractivity contribution >= 4 is 29.5 Å². The number of hydrogen-bond donors (Lipinski definition) is 3. The number of nitrogens with zero attached hydrogens (tertiary/aromatic N) is 1. The van der Waals surface area contributed by atoms with E-state index in [1.807, 2.05) is 13.8 Å². The van der Waals surface area contributed by atoms with Gasteiger partial charge in [0.1, 0.15) is 17.5 Å². The van der Waals surface area contributed by atoms with E-state index in [1.165, 1.54) is 5.01 Å². The first-order valence-electron chi connectivity index (χ1n) is 15.2. The van der Waals surface area contributed by atoms with Crippen molar-refractivity contribution in [1.29, 1.82) is 0 Å². The minimum Gasteiger partial charge on any atom is -0.494 e. The topological polar surface area (TPSA) is 152 Å². The number of amides is 3. The molecule has 240 valence electrons. The second-order valence-electron chi connectivity index (χ2n) is 11.3. The first kappa shape index (κ1) is 35.5. The summed E-state index contributed by atoms with van der Waals surface area (Å²) in [5.74, 6) is -1.05. The van der Waals surface area contributed by atoms with Crippen molar-refractivity contribution in [2.75, 3.05) is 32.9 Å². The molecule has 2 rings (SSSR count). The molecule has 12 heteroatoms. The molecule has 1 heterocycles. The number of ether oxygens (including phenoxy) is 3. The Morgan fingerprint density at radius 2 is 1.67 bits per heavy atom. The average Bonchev–Trinajstić information content (AvgIpc) is 2.97. The Morgan fingerprint density at radius 1 is 1.00 bits per heavy atom. The number of carbonyl (C=O) groups excluding carboxylic acids is 5. The van der Waals surface area contributed by atoms with Gasteiger partial charge in [0.2, 0.25) is 17.7 Å². The van der Waals surface area contributed by atoms with Crippen LogP contribution in [0.25, 0.3) is 0 Å². The minimum absolute atomic E-state index is 0.0298. The van der Waals surface area contributed by atoms with E-state index in [0.717, 1.165) is 12.8 Å². The fourth-order valence-corrected chi connectivity index (χ4v) is 4.38. The molecule has 43 heavy (non-hydrogen) atoms. The van der Waals surface area contributed by atoms with Crippen molar-refractivity contribution in [3.05, 3.63) is 24.3 Å². The molecule has 3 N–H and O–H groups in total. The predicted octanol–water partition coefficient (Wildman–Crippen LogP) is 2.55. The maximum Gasteiger partial charge on any atom is 0.344 e. The molecule has 0 aromatic heterocycles. The summed E-state index contributed by atoms with van der Waals surface area (Å²) in [5, 5.41) is 6.76. The predicted molar refractivity (Wildman–Crippen MR) is 160 cm³/mol. The van der Waals surface area contributed by atoms with Crippen LogP contribution in [0.2, 0.25) is 0 Å². The third kappa shape index (κ3) is 13.0. The summed E-state index contributed by atoms with van der Waals surface area (Å²) in [4.78, 5) is 63.2. The number of esters is 1. The van der Waals surface area contributed by atoms with Crippen LogP contribution in [0.5, 0.6) is 11.5 Å². The first-order valence-corrected chi connectivity index (χ1v) is 15.2. The standard InChI is InChI=1S/C31H48N4O8/c1-6-7-17-41-23-10-12-24(13-11-23)42-20-29(39)43-19-26(36)30(22(4)5)34-31(40)25-9-8-15-33-35(25)28(38)14-16-32-27(37)18-21(2)3/h10-13,21-22,25,30,33H,6-9,14-20H2,1-5H3,(H,32,37)(H,34,40)/t25-,30-/m0/s1. The number of hydrazine groups is 1. The van der Waals surface area contributed by atoms with Crippen molar-refractivity contribution < 1.29 is 38.2 Å². The summed E-state index contributed by atoms with van der Waals surface area (Å²) >= 11 is 0. The molecule has 0 spiro atoms. The van der Waals surface area contributed by atoms with E-state index < -0.39 is 36.4 Å². The first-order chi connectivity index (χ1) is 20.5. The molecule has 0 aliphatic carbocycles. The summed E-state index contributed by atoms with van der Waals surface area (Å²) in [6.45, 7) is 9.90. The van der Waals surface area contributed by atoms with E-state index in [1.54, 1.807) is 38.1 Å². The third-order valence-corrected chi connectivity index (χ3v) is 6.71. The fraction of sp³-hybridized carbons (Fsp3) is 0.645. The molecule has 1 fully saturated rings. The smallest absolute Gasteiger partial charge is 0.344 e. The maximum absolute atomic E-state index is 13.2. The zero-order valence-electron chi connectivity index (χ0n) is 26.1. The third-order valence-electron chi connectivity index (χ3n) is 6.71. The number of ketones is 1. The largest absolute Gasteiger partial charge is 0.494 e. The van der Waals surface area contributed by atoms with E-state index in [-0.39, 0.29) is 43.2 Å². The number of carbonyl (C=O) groups is 5. The number of nitrogens with one attached hydrogen (secondary N) is 3. The molecule has 0 bridgehead atoms. The molecule has 1 aromatic rings. The van der Waals surface area contributed by atoms with E-state index >= 15 is 0 Å². The fourth-order valence-electron chi connectivity index (χ4n) is 4.38. The summed E-state index contributed by atoms with van der Waals surface area (Å²) in [6, 6.07) is 5.12. The van der Waals surface area contributed by atoms with Crippen LogP contribution < -0.4 is 25.5 Å². The zero-order valence-corrected chi connectivity index (χ0v) is 26.1. The van der Waals surface area contributed by atoms with Gasteiger partial charge in [-0.15, -0.1) is 0 Å². The molecule has 1 aromatic carbocycles. The van der Waals surface area contributed by atoms with Gasteiger partial charge in [-0.05, 0) is 55.4 Å². The van der Waals surface area contributed by atoms with Crippen molar-refractivity contribution in [3.8, 4) is 11.5 Å². The Hall–Kier alpha value is -3.67. The van der Waals surface area contributed by atoms with Gasteiger partial charge in [-0.25, -0.2) is 10.2 Å². The molecule has 3 amide bonds. The Balaban J connectivity index is 1.84. The number of unbranched alkanes of at least 4 members (excludes halogenated alkanes) is 1. The van der Waals surface area contributed by atoms with Crippen molar-refractivity contribution in [2.24, 2.45) is 11.8 Å². The van der Waals surface area contributed by atoms with Gasteiger partial charge >= 0.3 is 5.97 Å². The van der Waals surface area contributed by atoms with Gasteiger partial charge in [0.25, 0.3) is 0 Å². The van der Waals surface area contributed by atoms with Crippen LogP contribution in [0.15, 0.2) is 24.3 Å². The van der Waals surface area contributed by atoms with Crippen molar-refractivity contribution in [1.82, 2.24) is 21.1 Å². The van der Waals surface area contributed by atoms with Crippen LogP contribution in [0, 0.1) is 11.8 Å². The van der Waals surface area contributed by atoms with Gasteiger partial charge in [-0.3, -0.25) is 24.2 Å². The molecule has 1 aliphatic heterocycles. The lowest BCUT2D eigenvalue weighted by Gasteiger charge is -2.36. The highest BCUT2D eigenvalue weighted by Crippen LogP contribution is 2.18. The van der Waals surface area contributed by atoms with E-state index in [4.69, 9.17) is 14.2 Å². The van der Waals surface area contributed by atoms with Crippen LogP contribution in [0.1, 0.15) is 73.1 Å². The van der Waals surface area contributed by atoms with Gasteiger partial charge < -0.3 is 24.8 Å². The number of Topliss-reactive ketones (excluding diaryl/α,β-unsaturated/α-hetero) is 1. The van der Waals surface area contributed by atoms with Gasteiger partial charge in [0.15, 0.2) is 19.0 Å². The molecule has 0 radical (unpaired) electrons. The Morgan fingerprint density at radius 3 is 2.30 bits per heavy atom. The second-order valence-corrected chi connectivity index (χ2v) is 11.3. The van der Waals surface area contributed by atoms with E-state index in [0.29, 0.717) is 43.9 Å². The summed E-state index contributed by atoms with van der Waals surface area (Å²) < 4.78 is 16.2. The molecule has 0 saturated carbocycles. The summed E-state index contributed by atoms with van der Waals surface area (Å²) in [5.41, 5.74) is 2.97. The van der Waals surface area contributed by atoms with Gasteiger partial charge in [-0.1, -0.05) is 41.0 Å². The van der Waals surface area contributed by atoms with Crippen molar-refractivity contribution in [3.63, 3.8) is 0 Å². The lowest BCUT2D eigenvalue weighted by molar-refractivity contribution is -0.151. The summed E-state index contributed by atoms with van der Waals surface area (Å²) in [6.07, 6.45) is 3.48. The average molecular weight is 605 g/mol. The van der Waals surface area contributed by atoms with Gasteiger partial charge in [0, 0.05) is 25.9 Å². The van der Waals surface area contributed by atoms with E-state index in [9.17, 15) is 24.0 Å². The van der Waals surface area contributed by atoms with Gasteiger partial charge in [0.05, 0.1) is 12.6 Å². The molecular weight excluding hydrogens is 556 g/mol.